The second kappa shape index (κ2) is 7.32. The van der Waals surface area contributed by atoms with Crippen LogP contribution in [0.25, 0.3) is 0 Å². The largest absolute Gasteiger partial charge is 0.361 e. The van der Waals surface area contributed by atoms with Crippen LogP contribution in [0.5, 0.6) is 0 Å². The lowest BCUT2D eigenvalue weighted by Crippen LogP contribution is -2.49. The van der Waals surface area contributed by atoms with E-state index >= 15 is 0 Å². The quantitative estimate of drug-likeness (QED) is 0.863. The summed E-state index contributed by atoms with van der Waals surface area (Å²) in [4.78, 5) is 4.62. The van der Waals surface area contributed by atoms with Gasteiger partial charge in [0.2, 0.25) is 0 Å². The van der Waals surface area contributed by atoms with Gasteiger partial charge in [-0.15, -0.1) is 0 Å². The minimum Gasteiger partial charge on any atom is -0.361 e. The summed E-state index contributed by atoms with van der Waals surface area (Å²) >= 11 is 5.60. The highest BCUT2D eigenvalue weighted by Gasteiger charge is 2.20. The highest BCUT2D eigenvalue weighted by Crippen LogP contribution is 2.17. The van der Waals surface area contributed by atoms with Crippen molar-refractivity contribution in [1.82, 2.24) is 15.0 Å². The van der Waals surface area contributed by atoms with Gasteiger partial charge in [0.1, 0.15) is 5.76 Å². The molecule has 0 radical (unpaired) electrons. The van der Waals surface area contributed by atoms with Gasteiger partial charge in [0.15, 0.2) is 5.11 Å². The second-order valence-electron chi connectivity index (χ2n) is 6.44. The predicted molar refractivity (Wildman–Crippen MR) is 100 cm³/mol. The molecule has 1 N–H and O–H groups in total. The molecule has 1 aromatic heterocycles. The van der Waals surface area contributed by atoms with Crippen LogP contribution in [-0.2, 0) is 6.54 Å². The summed E-state index contributed by atoms with van der Waals surface area (Å²) in [7, 11) is 0. The Hall–Kier alpha value is -1.92. The Kier molecular flexibility index (Phi) is 5.16. The number of benzene rings is 1. The summed E-state index contributed by atoms with van der Waals surface area (Å²) in [5, 5.41) is 8.28. The van der Waals surface area contributed by atoms with Crippen LogP contribution in [0.4, 0.5) is 5.69 Å². The second-order valence-corrected chi connectivity index (χ2v) is 6.83. The highest BCUT2D eigenvalue weighted by molar-refractivity contribution is 7.80. The van der Waals surface area contributed by atoms with E-state index in [9.17, 15) is 0 Å². The normalized spacial score (nSPS) is 15.5. The van der Waals surface area contributed by atoms with Gasteiger partial charge in [-0.25, -0.2) is 0 Å². The minimum absolute atomic E-state index is 0.806. The first-order valence-corrected chi connectivity index (χ1v) is 8.70. The molecule has 1 fully saturated rings. The molecule has 2 aromatic rings. The molecule has 1 aliphatic heterocycles. The van der Waals surface area contributed by atoms with Gasteiger partial charge in [0.25, 0.3) is 0 Å². The van der Waals surface area contributed by atoms with Gasteiger partial charge in [0.05, 0.1) is 5.69 Å². The third-order valence-electron chi connectivity index (χ3n) is 4.36. The van der Waals surface area contributed by atoms with Crippen molar-refractivity contribution in [2.45, 2.75) is 27.3 Å². The van der Waals surface area contributed by atoms with Crippen molar-refractivity contribution in [1.29, 1.82) is 0 Å². The Morgan fingerprint density at radius 1 is 1.17 bits per heavy atom. The van der Waals surface area contributed by atoms with Gasteiger partial charge in [-0.05, 0) is 50.2 Å². The Bertz CT molecular complexity index is 720. The molecule has 1 saturated heterocycles. The van der Waals surface area contributed by atoms with Gasteiger partial charge >= 0.3 is 0 Å². The number of aromatic nitrogens is 1. The molecule has 0 bridgehead atoms. The van der Waals surface area contributed by atoms with Crippen LogP contribution in [0.3, 0.4) is 0 Å². The van der Waals surface area contributed by atoms with Crippen molar-refractivity contribution in [3.05, 3.63) is 46.8 Å². The van der Waals surface area contributed by atoms with E-state index in [2.05, 4.69) is 52.3 Å². The van der Waals surface area contributed by atoms with Gasteiger partial charge in [-0.1, -0.05) is 17.3 Å². The third-order valence-corrected chi connectivity index (χ3v) is 4.72. The number of aryl methyl sites for hydroxylation is 3. The summed E-state index contributed by atoms with van der Waals surface area (Å²) in [5.41, 5.74) is 4.54. The number of anilines is 1. The van der Waals surface area contributed by atoms with E-state index in [1.807, 2.05) is 13.0 Å². The zero-order valence-corrected chi connectivity index (χ0v) is 15.3. The van der Waals surface area contributed by atoms with Crippen molar-refractivity contribution in [3.63, 3.8) is 0 Å². The zero-order chi connectivity index (χ0) is 17.1. The van der Waals surface area contributed by atoms with Gasteiger partial charge in [0, 0.05) is 44.5 Å². The number of thiocarbonyl (C=S) groups is 1. The Morgan fingerprint density at radius 3 is 2.58 bits per heavy atom. The molecule has 1 aromatic carbocycles. The van der Waals surface area contributed by atoms with Crippen LogP contribution in [0, 0.1) is 20.8 Å². The lowest BCUT2D eigenvalue weighted by Gasteiger charge is -2.36. The summed E-state index contributed by atoms with van der Waals surface area (Å²) in [6, 6.07) is 8.38. The van der Waals surface area contributed by atoms with E-state index in [1.54, 1.807) is 0 Å². The molecular weight excluding hydrogens is 320 g/mol. The number of nitrogens with zero attached hydrogens (tertiary/aromatic N) is 3. The average molecular weight is 344 g/mol. The van der Waals surface area contributed by atoms with Gasteiger partial charge in [-0.3, -0.25) is 4.90 Å². The standard InChI is InChI=1S/C18H24N4OS/c1-13-4-5-14(2)17(10-13)19-18(24)22-8-6-21(7-9-22)12-16-11-15(3)23-20-16/h4-5,10-11H,6-9,12H2,1-3H3,(H,19,24). The first-order valence-electron chi connectivity index (χ1n) is 8.29. The van der Waals surface area contributed by atoms with E-state index in [0.717, 1.165) is 55.0 Å². The molecule has 5 nitrogen and oxygen atoms in total. The molecule has 3 rings (SSSR count). The smallest absolute Gasteiger partial charge is 0.173 e. The van der Waals surface area contributed by atoms with Gasteiger partial charge in [-0.2, -0.15) is 0 Å². The van der Waals surface area contributed by atoms with E-state index in [0.29, 0.717) is 0 Å². The average Bonchev–Trinajstić information content (AvgIpc) is 2.96. The molecule has 128 valence electrons. The first kappa shape index (κ1) is 16.9. The molecule has 0 aliphatic carbocycles. The monoisotopic (exact) mass is 344 g/mol. The Balaban J connectivity index is 1.52. The van der Waals surface area contributed by atoms with Gasteiger partial charge < -0.3 is 14.7 Å². The Morgan fingerprint density at radius 2 is 1.92 bits per heavy atom. The number of nitrogens with one attached hydrogen (secondary N) is 1. The number of rotatable bonds is 3. The molecule has 0 spiro atoms. The van der Waals surface area contributed by atoms with E-state index in [4.69, 9.17) is 16.7 Å². The summed E-state index contributed by atoms with van der Waals surface area (Å²) in [6.07, 6.45) is 0. The SMILES string of the molecule is Cc1ccc(C)c(NC(=S)N2CCN(Cc3cc(C)on3)CC2)c1. The van der Waals surface area contributed by atoms with Crippen LogP contribution < -0.4 is 5.32 Å². The maximum atomic E-state index is 5.60. The zero-order valence-electron chi connectivity index (χ0n) is 14.5. The fraction of sp³-hybridized carbons (Fsp3) is 0.444. The number of hydrogen-bond acceptors (Lipinski definition) is 4. The van der Waals surface area contributed by atoms with E-state index < -0.39 is 0 Å². The first-order chi connectivity index (χ1) is 11.5. The van der Waals surface area contributed by atoms with Crippen molar-refractivity contribution in [3.8, 4) is 0 Å². The fourth-order valence-electron chi connectivity index (χ4n) is 2.90. The van der Waals surface area contributed by atoms with Crippen LogP contribution >= 0.6 is 12.2 Å². The summed E-state index contributed by atoms with van der Waals surface area (Å²) in [5.74, 6) is 0.863. The Labute approximate surface area is 148 Å². The third kappa shape index (κ3) is 4.13. The molecule has 0 unspecified atom stereocenters. The van der Waals surface area contributed by atoms with E-state index in [-0.39, 0.29) is 0 Å². The minimum atomic E-state index is 0.806. The van der Waals surface area contributed by atoms with Crippen molar-refractivity contribution >= 4 is 23.0 Å². The molecule has 1 aliphatic rings. The molecule has 0 saturated carbocycles. The maximum Gasteiger partial charge on any atom is 0.173 e. The lowest BCUT2D eigenvalue weighted by molar-refractivity contribution is 0.173. The van der Waals surface area contributed by atoms with Crippen LogP contribution in [0.1, 0.15) is 22.6 Å². The van der Waals surface area contributed by atoms with Crippen molar-refractivity contribution < 1.29 is 4.52 Å². The van der Waals surface area contributed by atoms with E-state index in [1.165, 1.54) is 11.1 Å². The van der Waals surface area contributed by atoms with Crippen LogP contribution in [-0.4, -0.2) is 46.2 Å². The van der Waals surface area contributed by atoms with Crippen molar-refractivity contribution in [2.24, 2.45) is 0 Å². The topological polar surface area (TPSA) is 44.5 Å². The summed E-state index contributed by atoms with van der Waals surface area (Å²) in [6.45, 7) is 10.7. The van der Waals surface area contributed by atoms with Crippen LogP contribution in [0.15, 0.2) is 28.8 Å². The molecule has 0 amide bonds. The molecular formula is C18H24N4OS. The summed E-state index contributed by atoms with van der Waals surface area (Å²) < 4.78 is 5.13. The number of piperazine rings is 1. The lowest BCUT2D eigenvalue weighted by atomic mass is 10.1. The molecule has 2 heterocycles. The van der Waals surface area contributed by atoms with Crippen LogP contribution in [0.2, 0.25) is 0 Å². The molecule has 6 heteroatoms. The van der Waals surface area contributed by atoms with Crippen molar-refractivity contribution in [2.75, 3.05) is 31.5 Å². The number of hydrogen-bond donors (Lipinski definition) is 1. The fourth-order valence-corrected chi connectivity index (χ4v) is 3.19. The molecule has 24 heavy (non-hydrogen) atoms. The molecule has 0 atom stereocenters. The highest BCUT2D eigenvalue weighted by atomic mass is 32.1. The maximum absolute atomic E-state index is 5.60. The predicted octanol–water partition coefficient (Wildman–Crippen LogP) is 3.11.